The van der Waals surface area contributed by atoms with Crippen LogP contribution in [0.3, 0.4) is 0 Å². The molecule has 1 fully saturated rings. The highest BCUT2D eigenvalue weighted by molar-refractivity contribution is 5.51. The molecule has 0 saturated carbocycles. The number of nitrogens with one attached hydrogen (secondary N) is 1. The van der Waals surface area contributed by atoms with Crippen LogP contribution in [-0.2, 0) is 0 Å². The molecule has 3 rings (SSSR count). The van der Waals surface area contributed by atoms with Crippen molar-refractivity contribution >= 4 is 0 Å². The number of hydrogen-bond donors (Lipinski definition) is 1. The first-order chi connectivity index (χ1) is 9.25. The Labute approximate surface area is 111 Å². The first-order valence-electron chi connectivity index (χ1n) is 6.58. The highest BCUT2D eigenvalue weighted by Crippen LogP contribution is 2.25. The van der Waals surface area contributed by atoms with Gasteiger partial charge in [-0.1, -0.05) is 5.16 Å². The van der Waals surface area contributed by atoms with Crippen molar-refractivity contribution in [2.75, 3.05) is 26.2 Å². The Bertz CT molecular complexity index is 542. The molecule has 0 amide bonds. The fraction of sp³-hybridized carbons (Fsp3) is 0.538. The SMILES string of the molecule is Cc1ccoc1-c1noc(C(C)N2CCNCC2)n1. The fourth-order valence-electron chi connectivity index (χ4n) is 2.32. The van der Waals surface area contributed by atoms with Crippen LogP contribution in [-0.4, -0.2) is 41.2 Å². The van der Waals surface area contributed by atoms with Gasteiger partial charge in [-0.25, -0.2) is 0 Å². The molecule has 0 radical (unpaired) electrons. The number of rotatable bonds is 3. The highest BCUT2D eigenvalue weighted by atomic mass is 16.5. The van der Waals surface area contributed by atoms with E-state index < -0.39 is 0 Å². The van der Waals surface area contributed by atoms with Gasteiger partial charge in [0, 0.05) is 26.2 Å². The van der Waals surface area contributed by atoms with Crippen molar-refractivity contribution in [1.29, 1.82) is 0 Å². The number of furan rings is 1. The lowest BCUT2D eigenvalue weighted by molar-refractivity contribution is 0.154. The van der Waals surface area contributed by atoms with E-state index in [1.54, 1.807) is 6.26 Å². The van der Waals surface area contributed by atoms with Crippen molar-refractivity contribution in [3.05, 3.63) is 23.8 Å². The zero-order valence-corrected chi connectivity index (χ0v) is 11.2. The summed E-state index contributed by atoms with van der Waals surface area (Å²) in [5.74, 6) is 1.86. The van der Waals surface area contributed by atoms with Gasteiger partial charge in [0.1, 0.15) is 0 Å². The zero-order valence-electron chi connectivity index (χ0n) is 11.2. The second kappa shape index (κ2) is 5.14. The van der Waals surface area contributed by atoms with E-state index in [0.717, 1.165) is 31.7 Å². The molecule has 3 heterocycles. The molecule has 19 heavy (non-hydrogen) atoms. The lowest BCUT2D eigenvalue weighted by Gasteiger charge is -2.30. The molecule has 2 aromatic rings. The van der Waals surface area contributed by atoms with Gasteiger partial charge < -0.3 is 14.3 Å². The molecule has 1 aliphatic rings. The monoisotopic (exact) mass is 262 g/mol. The van der Waals surface area contributed by atoms with Gasteiger partial charge in [0.05, 0.1) is 12.3 Å². The molecule has 0 spiro atoms. The van der Waals surface area contributed by atoms with Gasteiger partial charge in [0.25, 0.3) is 0 Å². The van der Waals surface area contributed by atoms with E-state index in [-0.39, 0.29) is 6.04 Å². The van der Waals surface area contributed by atoms with E-state index >= 15 is 0 Å². The van der Waals surface area contributed by atoms with Crippen molar-refractivity contribution in [3.63, 3.8) is 0 Å². The van der Waals surface area contributed by atoms with Crippen molar-refractivity contribution in [2.45, 2.75) is 19.9 Å². The minimum Gasteiger partial charge on any atom is -0.461 e. The Balaban J connectivity index is 1.79. The average Bonchev–Trinajstić information content (AvgIpc) is 3.07. The first-order valence-corrected chi connectivity index (χ1v) is 6.58. The Morgan fingerprint density at radius 3 is 2.84 bits per heavy atom. The molecule has 6 nitrogen and oxygen atoms in total. The van der Waals surface area contributed by atoms with Gasteiger partial charge in [0.2, 0.25) is 11.7 Å². The van der Waals surface area contributed by atoms with Gasteiger partial charge >= 0.3 is 0 Å². The maximum Gasteiger partial charge on any atom is 0.244 e. The predicted octanol–water partition coefficient (Wildman–Crippen LogP) is 1.60. The first kappa shape index (κ1) is 12.4. The third-order valence-electron chi connectivity index (χ3n) is 3.56. The van der Waals surface area contributed by atoms with Crippen LogP contribution < -0.4 is 5.32 Å². The summed E-state index contributed by atoms with van der Waals surface area (Å²) in [6, 6.07) is 2.03. The maximum atomic E-state index is 5.38. The van der Waals surface area contributed by atoms with Crippen LogP contribution in [0.4, 0.5) is 0 Å². The maximum absolute atomic E-state index is 5.38. The summed E-state index contributed by atoms with van der Waals surface area (Å²) in [5.41, 5.74) is 1.02. The van der Waals surface area contributed by atoms with Crippen LogP contribution in [0.2, 0.25) is 0 Å². The number of piperazine rings is 1. The number of aryl methyl sites for hydroxylation is 1. The highest BCUT2D eigenvalue weighted by Gasteiger charge is 2.24. The Morgan fingerprint density at radius 1 is 1.37 bits per heavy atom. The summed E-state index contributed by atoms with van der Waals surface area (Å²) >= 11 is 0. The minimum atomic E-state index is 0.138. The quantitative estimate of drug-likeness (QED) is 0.906. The Hall–Kier alpha value is -1.66. The van der Waals surface area contributed by atoms with E-state index in [1.165, 1.54) is 0 Å². The fourth-order valence-corrected chi connectivity index (χ4v) is 2.32. The number of hydrogen-bond acceptors (Lipinski definition) is 6. The molecule has 1 saturated heterocycles. The van der Waals surface area contributed by atoms with Gasteiger partial charge in [0.15, 0.2) is 5.76 Å². The molecule has 2 aromatic heterocycles. The molecule has 0 aliphatic carbocycles. The van der Waals surface area contributed by atoms with Crippen molar-refractivity contribution in [2.24, 2.45) is 0 Å². The van der Waals surface area contributed by atoms with Crippen molar-refractivity contribution in [1.82, 2.24) is 20.4 Å². The Kier molecular flexibility index (Phi) is 3.35. The van der Waals surface area contributed by atoms with Crippen LogP contribution in [0, 0.1) is 6.92 Å². The summed E-state index contributed by atoms with van der Waals surface area (Å²) in [6.07, 6.45) is 1.64. The third kappa shape index (κ3) is 2.41. The molecule has 0 bridgehead atoms. The van der Waals surface area contributed by atoms with Gasteiger partial charge in [-0.3, -0.25) is 4.90 Å². The molecular formula is C13H18N4O2. The molecule has 1 atom stereocenters. The summed E-state index contributed by atoms with van der Waals surface area (Å²) in [7, 11) is 0. The molecular weight excluding hydrogens is 244 g/mol. The largest absolute Gasteiger partial charge is 0.461 e. The molecule has 102 valence electrons. The normalized spacial score (nSPS) is 18.6. The standard InChI is InChI=1S/C13H18N4O2/c1-9-3-8-18-11(9)12-15-13(19-16-12)10(2)17-6-4-14-5-7-17/h3,8,10,14H,4-7H2,1-2H3. The van der Waals surface area contributed by atoms with E-state index in [0.29, 0.717) is 17.5 Å². The van der Waals surface area contributed by atoms with Crippen LogP contribution in [0.5, 0.6) is 0 Å². The molecule has 1 aliphatic heterocycles. The number of aromatic nitrogens is 2. The zero-order chi connectivity index (χ0) is 13.2. The van der Waals surface area contributed by atoms with Crippen molar-refractivity contribution < 1.29 is 8.94 Å². The predicted molar refractivity (Wildman–Crippen MR) is 69.6 cm³/mol. The van der Waals surface area contributed by atoms with Crippen LogP contribution >= 0.6 is 0 Å². The van der Waals surface area contributed by atoms with E-state index in [4.69, 9.17) is 8.94 Å². The second-order valence-electron chi connectivity index (χ2n) is 4.85. The van der Waals surface area contributed by atoms with E-state index in [2.05, 4.69) is 27.3 Å². The smallest absolute Gasteiger partial charge is 0.244 e. The lowest BCUT2D eigenvalue weighted by Crippen LogP contribution is -2.44. The van der Waals surface area contributed by atoms with Crippen LogP contribution in [0.1, 0.15) is 24.4 Å². The van der Waals surface area contributed by atoms with Gasteiger partial charge in [-0.2, -0.15) is 4.98 Å². The third-order valence-corrected chi connectivity index (χ3v) is 3.56. The summed E-state index contributed by atoms with van der Waals surface area (Å²) in [5, 5.41) is 7.35. The van der Waals surface area contributed by atoms with Gasteiger partial charge in [-0.15, -0.1) is 0 Å². The topological polar surface area (TPSA) is 67.3 Å². The second-order valence-corrected chi connectivity index (χ2v) is 4.85. The van der Waals surface area contributed by atoms with Crippen LogP contribution in [0.15, 0.2) is 21.3 Å². The van der Waals surface area contributed by atoms with Gasteiger partial charge in [-0.05, 0) is 25.5 Å². The summed E-state index contributed by atoms with van der Waals surface area (Å²) in [6.45, 7) is 8.06. The number of nitrogens with zero attached hydrogens (tertiary/aromatic N) is 3. The van der Waals surface area contributed by atoms with E-state index in [9.17, 15) is 0 Å². The molecule has 0 aromatic carbocycles. The molecule has 1 unspecified atom stereocenters. The summed E-state index contributed by atoms with van der Waals surface area (Å²) in [4.78, 5) is 6.79. The summed E-state index contributed by atoms with van der Waals surface area (Å²) < 4.78 is 10.8. The average molecular weight is 262 g/mol. The minimum absolute atomic E-state index is 0.138. The van der Waals surface area contributed by atoms with Crippen molar-refractivity contribution in [3.8, 4) is 11.6 Å². The van der Waals surface area contributed by atoms with E-state index in [1.807, 2.05) is 13.0 Å². The Morgan fingerprint density at radius 2 is 2.16 bits per heavy atom. The molecule has 1 N–H and O–H groups in total. The molecule has 6 heteroatoms. The van der Waals surface area contributed by atoms with Crippen LogP contribution in [0.25, 0.3) is 11.6 Å². The lowest BCUT2D eigenvalue weighted by atomic mass is 10.2.